The Bertz CT molecular complexity index is 587. The van der Waals surface area contributed by atoms with Crippen LogP contribution < -0.4 is 0 Å². The van der Waals surface area contributed by atoms with Gasteiger partial charge < -0.3 is 0 Å². The molecule has 0 N–H and O–H groups in total. The molecule has 1 rings (SSSR count). The summed E-state index contributed by atoms with van der Waals surface area (Å²) in [5.41, 5.74) is -0.209. The number of allylic oxidation sites excluding steroid dienone is 2. The van der Waals surface area contributed by atoms with Crippen molar-refractivity contribution in [1.82, 2.24) is 0 Å². The second kappa shape index (κ2) is 9.74. The Hall–Kier alpha value is -2.13. The van der Waals surface area contributed by atoms with E-state index in [0.717, 1.165) is 31.8 Å². The summed E-state index contributed by atoms with van der Waals surface area (Å²) in [5.74, 6) is 9.91. The molecule has 22 heavy (non-hydrogen) atoms. The van der Waals surface area contributed by atoms with Crippen LogP contribution in [-0.4, -0.2) is 6.18 Å². The van der Waals surface area contributed by atoms with Crippen molar-refractivity contribution in [2.45, 2.75) is 45.2 Å². The summed E-state index contributed by atoms with van der Waals surface area (Å²) in [7, 11) is 0. The van der Waals surface area contributed by atoms with E-state index >= 15 is 0 Å². The molecule has 0 aliphatic heterocycles. The highest BCUT2D eigenvalue weighted by Gasteiger charge is 2.32. The van der Waals surface area contributed by atoms with E-state index in [-0.39, 0.29) is 0 Å². The van der Waals surface area contributed by atoms with E-state index in [4.69, 9.17) is 0 Å². The Kier molecular flexibility index (Phi) is 7.94. The van der Waals surface area contributed by atoms with Gasteiger partial charge in [0.1, 0.15) is 5.57 Å². The topological polar surface area (TPSA) is 0 Å². The maximum atomic E-state index is 12.8. The van der Waals surface area contributed by atoms with Crippen LogP contribution in [0.2, 0.25) is 0 Å². The third-order valence-electron chi connectivity index (χ3n) is 2.89. The Morgan fingerprint density at radius 2 is 1.82 bits per heavy atom. The molecule has 0 radical (unpaired) electrons. The van der Waals surface area contributed by atoms with Crippen molar-refractivity contribution in [2.75, 3.05) is 0 Å². The molecule has 0 saturated heterocycles. The quantitative estimate of drug-likeness (QED) is 0.509. The lowest BCUT2D eigenvalue weighted by Crippen LogP contribution is -2.10. The molecule has 0 aliphatic carbocycles. The van der Waals surface area contributed by atoms with Gasteiger partial charge in [0.25, 0.3) is 0 Å². The molecular weight excluding hydrogens is 285 g/mol. The third-order valence-corrected chi connectivity index (χ3v) is 2.89. The first-order valence-electron chi connectivity index (χ1n) is 7.37. The first kappa shape index (κ1) is 17.9. The van der Waals surface area contributed by atoms with Gasteiger partial charge in [0, 0.05) is 18.1 Å². The monoisotopic (exact) mass is 304 g/mol. The zero-order chi connectivity index (χ0) is 16.3. The summed E-state index contributed by atoms with van der Waals surface area (Å²) >= 11 is 0. The van der Waals surface area contributed by atoms with Gasteiger partial charge in [0.2, 0.25) is 0 Å². The van der Waals surface area contributed by atoms with Crippen LogP contribution in [0, 0.1) is 23.7 Å². The second-order valence-electron chi connectivity index (χ2n) is 4.80. The average Bonchev–Trinajstić information content (AvgIpc) is 2.49. The molecule has 116 valence electrons. The fourth-order valence-corrected chi connectivity index (χ4v) is 1.70. The molecule has 0 nitrogen and oxygen atoms in total. The Balaban J connectivity index is 2.72. The lowest BCUT2D eigenvalue weighted by Gasteiger charge is -2.03. The van der Waals surface area contributed by atoms with Crippen LogP contribution >= 0.6 is 0 Å². The van der Waals surface area contributed by atoms with Crippen molar-refractivity contribution in [3.05, 3.63) is 47.5 Å². The van der Waals surface area contributed by atoms with Gasteiger partial charge in [-0.15, -0.1) is 0 Å². The number of benzene rings is 1. The summed E-state index contributed by atoms with van der Waals surface area (Å²) in [4.78, 5) is 0. The van der Waals surface area contributed by atoms with E-state index in [9.17, 15) is 13.2 Å². The van der Waals surface area contributed by atoms with Crippen molar-refractivity contribution in [2.24, 2.45) is 0 Å². The molecule has 1 aromatic rings. The largest absolute Gasteiger partial charge is 0.424 e. The standard InChI is InChI=1S/C19H19F3/c1-2-3-4-5-6-10-15-18(19(20,21)22)16-11-14-17-12-8-7-9-13-17/h7-9,12-13,16H,2-6H2,1H3/b18-16+. The van der Waals surface area contributed by atoms with Crippen LogP contribution in [0.3, 0.4) is 0 Å². The predicted molar refractivity (Wildman–Crippen MR) is 84.0 cm³/mol. The van der Waals surface area contributed by atoms with Crippen molar-refractivity contribution in [3.8, 4) is 23.7 Å². The molecule has 0 heterocycles. The summed E-state index contributed by atoms with van der Waals surface area (Å²) < 4.78 is 38.5. The normalized spacial score (nSPS) is 11.2. The van der Waals surface area contributed by atoms with Crippen molar-refractivity contribution in [3.63, 3.8) is 0 Å². The molecule has 0 atom stereocenters. The highest BCUT2D eigenvalue weighted by atomic mass is 19.4. The summed E-state index contributed by atoms with van der Waals surface area (Å²) in [6.45, 7) is 2.08. The molecule has 0 fully saturated rings. The lowest BCUT2D eigenvalue weighted by molar-refractivity contribution is -0.0871. The van der Waals surface area contributed by atoms with Crippen molar-refractivity contribution in [1.29, 1.82) is 0 Å². The number of unbranched alkanes of at least 4 members (excludes halogenated alkanes) is 4. The minimum Gasteiger partial charge on any atom is -0.165 e. The molecule has 0 spiro atoms. The van der Waals surface area contributed by atoms with Crippen LogP contribution in [-0.2, 0) is 0 Å². The van der Waals surface area contributed by atoms with Gasteiger partial charge >= 0.3 is 6.18 Å². The van der Waals surface area contributed by atoms with E-state index in [2.05, 4.69) is 30.6 Å². The SMILES string of the molecule is CCCCCCC#C/C(=C\C#Cc1ccccc1)C(F)(F)F. The molecule has 0 amide bonds. The first-order valence-corrected chi connectivity index (χ1v) is 7.37. The molecule has 0 aromatic heterocycles. The minimum atomic E-state index is -4.46. The van der Waals surface area contributed by atoms with Gasteiger partial charge in [-0.2, -0.15) is 13.2 Å². The molecule has 0 aliphatic rings. The maximum Gasteiger partial charge on any atom is 0.424 e. The van der Waals surface area contributed by atoms with Gasteiger partial charge in [-0.1, -0.05) is 68.1 Å². The van der Waals surface area contributed by atoms with Crippen LogP contribution in [0.1, 0.15) is 44.6 Å². The van der Waals surface area contributed by atoms with Gasteiger partial charge in [0.05, 0.1) is 0 Å². The summed E-state index contributed by atoms with van der Waals surface area (Å²) in [5, 5.41) is 0. The van der Waals surface area contributed by atoms with E-state index in [1.807, 2.05) is 6.07 Å². The minimum absolute atomic E-state index is 0.486. The van der Waals surface area contributed by atoms with Crippen molar-refractivity contribution >= 4 is 0 Å². The van der Waals surface area contributed by atoms with E-state index in [1.54, 1.807) is 24.3 Å². The number of halogens is 3. The fraction of sp³-hybridized carbons (Fsp3) is 0.368. The van der Waals surface area contributed by atoms with Gasteiger partial charge in [-0.3, -0.25) is 0 Å². The van der Waals surface area contributed by atoms with E-state index in [0.29, 0.717) is 12.0 Å². The number of hydrogen-bond acceptors (Lipinski definition) is 0. The Labute approximate surface area is 130 Å². The van der Waals surface area contributed by atoms with Gasteiger partial charge in [-0.25, -0.2) is 0 Å². The maximum absolute atomic E-state index is 12.8. The zero-order valence-corrected chi connectivity index (χ0v) is 12.6. The molecular formula is C19H19F3. The zero-order valence-electron chi connectivity index (χ0n) is 12.6. The predicted octanol–water partition coefficient (Wildman–Crippen LogP) is 5.50. The molecule has 0 saturated carbocycles. The second-order valence-corrected chi connectivity index (χ2v) is 4.80. The van der Waals surface area contributed by atoms with Gasteiger partial charge in [0.15, 0.2) is 0 Å². The number of hydrogen-bond donors (Lipinski definition) is 0. The first-order chi connectivity index (χ1) is 10.5. The highest BCUT2D eigenvalue weighted by Crippen LogP contribution is 2.24. The summed E-state index contributed by atoms with van der Waals surface area (Å²) in [6.07, 6.45) is 0.904. The molecule has 1 aromatic carbocycles. The molecule has 0 bridgehead atoms. The number of alkyl halides is 3. The molecule has 0 unspecified atom stereocenters. The lowest BCUT2D eigenvalue weighted by atomic mass is 10.1. The smallest absolute Gasteiger partial charge is 0.165 e. The fourth-order valence-electron chi connectivity index (χ4n) is 1.70. The van der Waals surface area contributed by atoms with Gasteiger partial charge in [-0.05, 0) is 18.6 Å². The van der Waals surface area contributed by atoms with Crippen LogP contribution in [0.25, 0.3) is 0 Å². The van der Waals surface area contributed by atoms with Crippen LogP contribution in [0.15, 0.2) is 42.0 Å². The Morgan fingerprint density at radius 1 is 1.09 bits per heavy atom. The number of rotatable bonds is 4. The Morgan fingerprint density at radius 3 is 2.45 bits per heavy atom. The van der Waals surface area contributed by atoms with E-state index < -0.39 is 11.7 Å². The summed E-state index contributed by atoms with van der Waals surface area (Å²) in [6, 6.07) is 8.89. The van der Waals surface area contributed by atoms with Crippen molar-refractivity contribution < 1.29 is 13.2 Å². The van der Waals surface area contributed by atoms with Crippen LogP contribution in [0.4, 0.5) is 13.2 Å². The van der Waals surface area contributed by atoms with Crippen LogP contribution in [0.5, 0.6) is 0 Å². The third kappa shape index (κ3) is 7.60. The van der Waals surface area contributed by atoms with E-state index in [1.165, 1.54) is 0 Å². The average molecular weight is 304 g/mol. The molecule has 3 heteroatoms. The highest BCUT2D eigenvalue weighted by molar-refractivity contribution is 5.42.